The number of carbonyl (C=O) groups excluding carboxylic acids is 1. The van der Waals surface area contributed by atoms with Gasteiger partial charge in [-0.2, -0.15) is 16.7 Å². The number of carbonyl (C=O) groups is 1. The Morgan fingerprint density at radius 2 is 1.97 bits per heavy atom. The number of rotatable bonds is 8. The highest BCUT2D eigenvalue weighted by Crippen LogP contribution is 2.28. The van der Waals surface area contributed by atoms with E-state index < -0.39 is 0 Å². The van der Waals surface area contributed by atoms with Crippen molar-refractivity contribution in [2.45, 2.75) is 56.7 Å². The van der Waals surface area contributed by atoms with Crippen LogP contribution in [0.1, 0.15) is 50.8 Å². The van der Waals surface area contributed by atoms with Crippen molar-refractivity contribution in [2.75, 3.05) is 25.4 Å². The standard InChI is InChI=1S/C23H31ClN4O2S/c24-19-10-8-17(9-11-19)22-26-21(30-27-22)16-28-13-4-5-18(15-28)23(29)25-12-14-31-20-6-2-1-3-7-20/h8-11,18,20H,1-7,12-16H2,(H,25,29). The summed E-state index contributed by atoms with van der Waals surface area (Å²) in [5, 5.41) is 8.72. The Labute approximate surface area is 193 Å². The minimum atomic E-state index is 0.0343. The number of amides is 1. The molecule has 1 unspecified atom stereocenters. The first-order chi connectivity index (χ1) is 15.2. The lowest BCUT2D eigenvalue weighted by Crippen LogP contribution is -2.43. The molecule has 1 saturated heterocycles. The topological polar surface area (TPSA) is 71.3 Å². The number of piperidine rings is 1. The first kappa shape index (κ1) is 22.6. The Bertz CT molecular complexity index is 838. The second-order valence-corrected chi connectivity index (χ2v) is 10.4. The van der Waals surface area contributed by atoms with Gasteiger partial charge in [0.15, 0.2) is 0 Å². The average Bonchev–Trinajstić information content (AvgIpc) is 3.26. The summed E-state index contributed by atoms with van der Waals surface area (Å²) in [7, 11) is 0. The Kier molecular flexibility index (Phi) is 8.27. The van der Waals surface area contributed by atoms with Gasteiger partial charge in [-0.05, 0) is 56.5 Å². The third-order valence-electron chi connectivity index (χ3n) is 6.11. The van der Waals surface area contributed by atoms with Gasteiger partial charge in [0.1, 0.15) is 0 Å². The molecule has 1 atom stereocenters. The molecule has 1 aromatic carbocycles. The summed E-state index contributed by atoms with van der Waals surface area (Å²) in [4.78, 5) is 19.4. The number of hydrogen-bond donors (Lipinski definition) is 1. The van der Waals surface area contributed by atoms with Crippen molar-refractivity contribution in [3.05, 3.63) is 35.2 Å². The monoisotopic (exact) mass is 462 g/mol. The zero-order chi connectivity index (χ0) is 21.5. The van der Waals surface area contributed by atoms with Crippen molar-refractivity contribution in [1.82, 2.24) is 20.4 Å². The van der Waals surface area contributed by atoms with Gasteiger partial charge < -0.3 is 9.84 Å². The van der Waals surface area contributed by atoms with E-state index in [1.807, 2.05) is 36.0 Å². The number of likely N-dealkylation sites (tertiary alicyclic amines) is 1. The van der Waals surface area contributed by atoms with Crippen LogP contribution in [0.25, 0.3) is 11.4 Å². The van der Waals surface area contributed by atoms with Crippen molar-refractivity contribution < 1.29 is 9.32 Å². The fourth-order valence-electron chi connectivity index (χ4n) is 4.42. The van der Waals surface area contributed by atoms with Crippen molar-refractivity contribution in [3.63, 3.8) is 0 Å². The summed E-state index contributed by atoms with van der Waals surface area (Å²) in [6, 6.07) is 7.39. The number of nitrogens with one attached hydrogen (secondary N) is 1. The molecule has 0 bridgehead atoms. The molecule has 2 fully saturated rings. The summed E-state index contributed by atoms with van der Waals surface area (Å²) in [6.45, 7) is 3.02. The Hall–Kier alpha value is -1.57. The summed E-state index contributed by atoms with van der Waals surface area (Å²) in [5.41, 5.74) is 0.876. The molecule has 2 aliphatic rings. The van der Waals surface area contributed by atoms with E-state index in [-0.39, 0.29) is 11.8 Å². The third-order valence-corrected chi connectivity index (χ3v) is 7.75. The van der Waals surface area contributed by atoms with Crippen LogP contribution in [0.2, 0.25) is 5.02 Å². The molecule has 6 nitrogen and oxygen atoms in total. The van der Waals surface area contributed by atoms with Crippen LogP contribution in [-0.4, -0.2) is 51.6 Å². The number of benzene rings is 1. The molecule has 2 heterocycles. The summed E-state index contributed by atoms with van der Waals surface area (Å²) >= 11 is 7.97. The van der Waals surface area contributed by atoms with E-state index in [1.165, 1.54) is 32.1 Å². The molecule has 2 aromatic rings. The van der Waals surface area contributed by atoms with Gasteiger partial charge in [-0.25, -0.2) is 0 Å². The summed E-state index contributed by atoms with van der Waals surface area (Å²) in [5.74, 6) is 2.37. The molecule has 0 radical (unpaired) electrons. The van der Waals surface area contributed by atoms with Crippen molar-refractivity contribution >= 4 is 29.3 Å². The fourth-order valence-corrected chi connectivity index (χ4v) is 5.76. The number of halogens is 1. The Balaban J connectivity index is 1.21. The van der Waals surface area contributed by atoms with Crippen LogP contribution in [0.4, 0.5) is 0 Å². The zero-order valence-corrected chi connectivity index (χ0v) is 19.5. The predicted octanol–water partition coefficient (Wildman–Crippen LogP) is 4.78. The number of thioether (sulfide) groups is 1. The van der Waals surface area contributed by atoms with Crippen LogP contribution in [-0.2, 0) is 11.3 Å². The maximum atomic E-state index is 12.7. The van der Waals surface area contributed by atoms with E-state index in [9.17, 15) is 4.79 Å². The highest BCUT2D eigenvalue weighted by atomic mass is 35.5. The largest absolute Gasteiger partial charge is 0.355 e. The maximum absolute atomic E-state index is 12.7. The molecule has 1 aromatic heterocycles. The molecule has 1 aliphatic carbocycles. The molecule has 31 heavy (non-hydrogen) atoms. The van der Waals surface area contributed by atoms with Crippen LogP contribution < -0.4 is 5.32 Å². The van der Waals surface area contributed by atoms with Crippen molar-refractivity contribution in [2.24, 2.45) is 5.92 Å². The van der Waals surface area contributed by atoms with Crippen molar-refractivity contribution in [1.29, 1.82) is 0 Å². The SMILES string of the molecule is O=C(NCCSC1CCCCC1)C1CCCN(Cc2nc(-c3ccc(Cl)cc3)no2)C1. The van der Waals surface area contributed by atoms with E-state index in [0.29, 0.717) is 23.3 Å². The lowest BCUT2D eigenvalue weighted by Gasteiger charge is -2.31. The molecule has 1 amide bonds. The number of aromatic nitrogens is 2. The van der Waals surface area contributed by atoms with Gasteiger partial charge in [-0.3, -0.25) is 9.69 Å². The van der Waals surface area contributed by atoms with Gasteiger partial charge in [0.05, 0.1) is 12.5 Å². The van der Waals surface area contributed by atoms with E-state index >= 15 is 0 Å². The zero-order valence-electron chi connectivity index (χ0n) is 17.9. The molecule has 1 aliphatic heterocycles. The van der Waals surface area contributed by atoms with Gasteiger partial charge in [-0.1, -0.05) is 36.0 Å². The fraction of sp³-hybridized carbons (Fsp3) is 0.609. The van der Waals surface area contributed by atoms with E-state index in [0.717, 1.165) is 49.0 Å². The third kappa shape index (κ3) is 6.70. The van der Waals surface area contributed by atoms with Crippen LogP contribution >= 0.6 is 23.4 Å². The number of nitrogens with zero attached hydrogens (tertiary/aromatic N) is 3. The molecular formula is C23H31ClN4O2S. The van der Waals surface area contributed by atoms with E-state index in [4.69, 9.17) is 16.1 Å². The normalized spacial score (nSPS) is 20.6. The van der Waals surface area contributed by atoms with Gasteiger partial charge in [0, 0.05) is 34.7 Å². The molecule has 1 saturated carbocycles. The highest BCUT2D eigenvalue weighted by Gasteiger charge is 2.27. The predicted molar refractivity (Wildman–Crippen MR) is 125 cm³/mol. The lowest BCUT2D eigenvalue weighted by molar-refractivity contribution is -0.126. The minimum absolute atomic E-state index is 0.0343. The van der Waals surface area contributed by atoms with E-state index in [1.54, 1.807) is 0 Å². The minimum Gasteiger partial charge on any atom is -0.355 e. The first-order valence-corrected chi connectivity index (χ1v) is 12.8. The second kappa shape index (κ2) is 11.3. The van der Waals surface area contributed by atoms with Gasteiger partial charge in [-0.15, -0.1) is 0 Å². The number of hydrogen-bond acceptors (Lipinski definition) is 6. The lowest BCUT2D eigenvalue weighted by atomic mass is 9.97. The highest BCUT2D eigenvalue weighted by molar-refractivity contribution is 7.99. The van der Waals surface area contributed by atoms with Gasteiger partial charge >= 0.3 is 0 Å². The second-order valence-electron chi connectivity index (χ2n) is 8.51. The van der Waals surface area contributed by atoms with E-state index in [2.05, 4.69) is 20.4 Å². The van der Waals surface area contributed by atoms with Gasteiger partial charge in [0.2, 0.25) is 17.6 Å². The molecule has 0 spiro atoms. The molecule has 4 rings (SSSR count). The molecule has 168 valence electrons. The average molecular weight is 463 g/mol. The molecule has 1 N–H and O–H groups in total. The van der Waals surface area contributed by atoms with Crippen LogP contribution in [0.5, 0.6) is 0 Å². The first-order valence-electron chi connectivity index (χ1n) is 11.4. The summed E-state index contributed by atoms with van der Waals surface area (Å²) in [6.07, 6.45) is 8.74. The molecular weight excluding hydrogens is 432 g/mol. The van der Waals surface area contributed by atoms with Crippen LogP contribution in [0.15, 0.2) is 28.8 Å². The van der Waals surface area contributed by atoms with Gasteiger partial charge in [0.25, 0.3) is 0 Å². The Morgan fingerprint density at radius 3 is 2.77 bits per heavy atom. The maximum Gasteiger partial charge on any atom is 0.241 e. The van der Waals surface area contributed by atoms with Crippen molar-refractivity contribution in [3.8, 4) is 11.4 Å². The van der Waals surface area contributed by atoms with Crippen LogP contribution in [0.3, 0.4) is 0 Å². The smallest absolute Gasteiger partial charge is 0.241 e. The molecule has 8 heteroatoms. The summed E-state index contributed by atoms with van der Waals surface area (Å²) < 4.78 is 5.45. The van der Waals surface area contributed by atoms with Crippen LogP contribution in [0, 0.1) is 5.92 Å². The quantitative estimate of drug-likeness (QED) is 0.569. The Morgan fingerprint density at radius 1 is 1.16 bits per heavy atom.